The van der Waals surface area contributed by atoms with E-state index in [4.69, 9.17) is 10.9 Å². The molecule has 17 heavy (non-hydrogen) atoms. The van der Waals surface area contributed by atoms with E-state index in [-0.39, 0.29) is 18.4 Å². The first-order valence-corrected chi connectivity index (χ1v) is 5.50. The summed E-state index contributed by atoms with van der Waals surface area (Å²) in [6.07, 6.45) is 3.61. The normalized spacial score (nSPS) is 10.4. The van der Waals surface area contributed by atoms with Crippen molar-refractivity contribution in [2.24, 2.45) is 5.84 Å². The number of nitrogens with zero attached hydrogens (tertiary/aromatic N) is 3. The fourth-order valence-corrected chi connectivity index (χ4v) is 1.44. The molecule has 0 spiro atoms. The van der Waals surface area contributed by atoms with Gasteiger partial charge in [0.05, 0.1) is 6.20 Å². The molecule has 4 N–H and O–H groups in total. The second kappa shape index (κ2) is 6.97. The first-order chi connectivity index (χ1) is 8.19. The average Bonchev–Trinajstić information content (AvgIpc) is 2.35. The van der Waals surface area contributed by atoms with Crippen molar-refractivity contribution in [2.45, 2.75) is 19.3 Å². The van der Waals surface area contributed by atoms with E-state index in [9.17, 15) is 4.39 Å². The lowest BCUT2D eigenvalue weighted by Crippen LogP contribution is -2.22. The Morgan fingerprint density at radius 2 is 2.24 bits per heavy atom. The molecule has 0 aliphatic rings. The zero-order valence-electron chi connectivity index (χ0n) is 9.86. The van der Waals surface area contributed by atoms with E-state index >= 15 is 0 Å². The SMILES string of the molecule is CN(CCCCCO)c1nc(NN)ncc1F. The van der Waals surface area contributed by atoms with Gasteiger partial charge in [0.15, 0.2) is 11.6 Å². The summed E-state index contributed by atoms with van der Waals surface area (Å²) in [6, 6.07) is 0. The molecule has 7 heteroatoms. The standard InChI is InChI=1S/C10H18FN5O/c1-16(5-3-2-4-6-17)9-8(11)7-13-10(14-9)15-12/h7,17H,2-6,12H2,1H3,(H,13,14,15). The fourth-order valence-electron chi connectivity index (χ4n) is 1.44. The van der Waals surface area contributed by atoms with Gasteiger partial charge >= 0.3 is 0 Å². The van der Waals surface area contributed by atoms with E-state index < -0.39 is 5.82 Å². The lowest BCUT2D eigenvalue weighted by Gasteiger charge is -2.18. The Hall–Kier alpha value is -1.47. The maximum atomic E-state index is 13.5. The Morgan fingerprint density at radius 1 is 1.47 bits per heavy atom. The second-order valence-corrected chi connectivity index (χ2v) is 3.72. The topological polar surface area (TPSA) is 87.3 Å². The zero-order valence-corrected chi connectivity index (χ0v) is 9.86. The summed E-state index contributed by atoms with van der Waals surface area (Å²) in [5, 5.41) is 8.64. The Labute approximate surface area is 99.6 Å². The molecule has 0 aliphatic heterocycles. The quantitative estimate of drug-likeness (QED) is 0.367. The van der Waals surface area contributed by atoms with Crippen LogP contribution in [0, 0.1) is 5.82 Å². The van der Waals surface area contributed by atoms with E-state index in [0.29, 0.717) is 6.54 Å². The van der Waals surface area contributed by atoms with E-state index in [1.165, 1.54) is 0 Å². The van der Waals surface area contributed by atoms with Crippen molar-refractivity contribution >= 4 is 11.8 Å². The number of nitrogens with two attached hydrogens (primary N) is 1. The van der Waals surface area contributed by atoms with Gasteiger partial charge in [-0.05, 0) is 19.3 Å². The van der Waals surface area contributed by atoms with E-state index in [2.05, 4.69) is 15.4 Å². The molecule has 0 radical (unpaired) electrons. The van der Waals surface area contributed by atoms with Crippen LogP contribution in [-0.4, -0.2) is 35.3 Å². The number of anilines is 2. The van der Waals surface area contributed by atoms with Gasteiger partial charge in [-0.15, -0.1) is 0 Å². The molecule has 0 atom stereocenters. The van der Waals surface area contributed by atoms with Crippen LogP contribution < -0.4 is 16.2 Å². The summed E-state index contributed by atoms with van der Waals surface area (Å²) in [6.45, 7) is 0.852. The minimum atomic E-state index is -0.478. The van der Waals surface area contributed by atoms with Crippen molar-refractivity contribution in [1.29, 1.82) is 0 Å². The summed E-state index contributed by atoms with van der Waals surface area (Å²) < 4.78 is 13.5. The van der Waals surface area contributed by atoms with Gasteiger partial charge in [-0.3, -0.25) is 5.43 Å². The number of aliphatic hydroxyl groups excluding tert-OH is 1. The van der Waals surface area contributed by atoms with Gasteiger partial charge in [-0.1, -0.05) is 0 Å². The maximum absolute atomic E-state index is 13.5. The summed E-state index contributed by atoms with van der Waals surface area (Å²) in [7, 11) is 1.75. The van der Waals surface area contributed by atoms with E-state index in [1.807, 2.05) is 0 Å². The first kappa shape index (κ1) is 13.6. The molecule has 0 bridgehead atoms. The van der Waals surface area contributed by atoms with Crippen molar-refractivity contribution in [1.82, 2.24) is 9.97 Å². The number of aromatic nitrogens is 2. The molecule has 1 rings (SSSR count). The third-order valence-electron chi connectivity index (χ3n) is 2.37. The largest absolute Gasteiger partial charge is 0.396 e. The molecule has 96 valence electrons. The van der Waals surface area contributed by atoms with Gasteiger partial charge in [0.25, 0.3) is 0 Å². The third kappa shape index (κ3) is 4.12. The predicted octanol–water partition coefficient (Wildman–Crippen LogP) is 0.500. The van der Waals surface area contributed by atoms with Gasteiger partial charge in [0, 0.05) is 20.2 Å². The highest BCUT2D eigenvalue weighted by atomic mass is 19.1. The molecule has 0 saturated carbocycles. The lowest BCUT2D eigenvalue weighted by atomic mass is 10.2. The Balaban J connectivity index is 2.57. The van der Waals surface area contributed by atoms with Crippen LogP contribution in [0.2, 0.25) is 0 Å². The van der Waals surface area contributed by atoms with Crippen LogP contribution in [0.1, 0.15) is 19.3 Å². The predicted molar refractivity (Wildman–Crippen MR) is 64.0 cm³/mol. The molecule has 0 aliphatic carbocycles. The van der Waals surface area contributed by atoms with Crippen LogP contribution in [0.15, 0.2) is 6.20 Å². The molecule has 1 aromatic rings. The highest BCUT2D eigenvalue weighted by molar-refractivity contribution is 5.42. The molecule has 1 aromatic heterocycles. The van der Waals surface area contributed by atoms with Crippen molar-refractivity contribution in [2.75, 3.05) is 30.5 Å². The molecule has 0 saturated heterocycles. The molecule has 0 amide bonds. The van der Waals surface area contributed by atoms with Crippen molar-refractivity contribution in [3.05, 3.63) is 12.0 Å². The number of hydrogen-bond acceptors (Lipinski definition) is 6. The molecule has 1 heterocycles. The van der Waals surface area contributed by atoms with Crippen LogP contribution in [0.3, 0.4) is 0 Å². The van der Waals surface area contributed by atoms with Crippen LogP contribution >= 0.6 is 0 Å². The van der Waals surface area contributed by atoms with E-state index in [1.54, 1.807) is 11.9 Å². The van der Waals surface area contributed by atoms with Gasteiger partial charge in [-0.2, -0.15) is 4.98 Å². The van der Waals surface area contributed by atoms with Crippen LogP contribution in [-0.2, 0) is 0 Å². The molecule has 0 unspecified atom stereocenters. The highest BCUT2D eigenvalue weighted by Gasteiger charge is 2.10. The molecule has 6 nitrogen and oxygen atoms in total. The fraction of sp³-hybridized carbons (Fsp3) is 0.600. The van der Waals surface area contributed by atoms with Crippen LogP contribution in [0.25, 0.3) is 0 Å². The molecular formula is C10H18FN5O. The van der Waals surface area contributed by atoms with Crippen LogP contribution in [0.4, 0.5) is 16.2 Å². The number of nitrogens with one attached hydrogen (secondary N) is 1. The average molecular weight is 243 g/mol. The molecule has 0 aromatic carbocycles. The number of halogens is 1. The smallest absolute Gasteiger partial charge is 0.239 e. The van der Waals surface area contributed by atoms with Crippen LogP contribution in [0.5, 0.6) is 0 Å². The maximum Gasteiger partial charge on any atom is 0.239 e. The molecular weight excluding hydrogens is 225 g/mol. The lowest BCUT2D eigenvalue weighted by molar-refractivity contribution is 0.283. The minimum absolute atomic E-state index is 0.184. The highest BCUT2D eigenvalue weighted by Crippen LogP contribution is 2.16. The Bertz CT molecular complexity index is 349. The van der Waals surface area contributed by atoms with Crippen molar-refractivity contribution in [3.63, 3.8) is 0 Å². The minimum Gasteiger partial charge on any atom is -0.396 e. The molecule has 0 fully saturated rings. The van der Waals surface area contributed by atoms with Crippen molar-refractivity contribution in [3.8, 4) is 0 Å². The van der Waals surface area contributed by atoms with Gasteiger partial charge in [0.1, 0.15) is 0 Å². The second-order valence-electron chi connectivity index (χ2n) is 3.72. The zero-order chi connectivity index (χ0) is 12.7. The Kier molecular flexibility index (Phi) is 5.58. The summed E-state index contributed by atoms with van der Waals surface area (Å²) >= 11 is 0. The van der Waals surface area contributed by atoms with E-state index in [0.717, 1.165) is 25.5 Å². The number of aliphatic hydroxyl groups is 1. The summed E-state index contributed by atoms with van der Waals surface area (Å²) in [4.78, 5) is 9.32. The van der Waals surface area contributed by atoms with Gasteiger partial charge < -0.3 is 10.0 Å². The van der Waals surface area contributed by atoms with Gasteiger partial charge in [0.2, 0.25) is 5.95 Å². The summed E-state index contributed by atoms with van der Waals surface area (Å²) in [5.74, 6) is 5.09. The monoisotopic (exact) mass is 243 g/mol. The third-order valence-corrected chi connectivity index (χ3v) is 2.37. The summed E-state index contributed by atoms with van der Waals surface area (Å²) in [5.41, 5.74) is 2.28. The van der Waals surface area contributed by atoms with Gasteiger partial charge in [-0.25, -0.2) is 15.2 Å². The first-order valence-electron chi connectivity index (χ1n) is 5.50. The number of nitrogen functional groups attached to an aromatic ring is 1. The van der Waals surface area contributed by atoms with Crippen molar-refractivity contribution < 1.29 is 9.50 Å². The number of rotatable bonds is 7. The number of hydrazine groups is 1. The number of hydrogen-bond donors (Lipinski definition) is 3. The Morgan fingerprint density at radius 3 is 2.88 bits per heavy atom. The number of unbranched alkanes of at least 4 members (excludes halogenated alkanes) is 2.